The summed E-state index contributed by atoms with van der Waals surface area (Å²) in [5.41, 5.74) is 2.56. The van der Waals surface area contributed by atoms with Gasteiger partial charge in [0.25, 0.3) is 0 Å². The van der Waals surface area contributed by atoms with Gasteiger partial charge in [0.2, 0.25) is 0 Å². The summed E-state index contributed by atoms with van der Waals surface area (Å²) in [5, 5.41) is 7.06. The summed E-state index contributed by atoms with van der Waals surface area (Å²) in [7, 11) is 1.71. The van der Waals surface area contributed by atoms with Crippen molar-refractivity contribution in [2.75, 3.05) is 13.7 Å². The SMILES string of the molecule is CCNC(c1cccc(OC)c1)c1cccc2ccsc12. The second-order valence-electron chi connectivity index (χ2n) is 4.95. The third-order valence-corrected chi connectivity index (χ3v) is 4.64. The Morgan fingerprint density at radius 1 is 1.14 bits per heavy atom. The number of hydrogen-bond acceptors (Lipinski definition) is 3. The van der Waals surface area contributed by atoms with Gasteiger partial charge in [-0.2, -0.15) is 0 Å². The van der Waals surface area contributed by atoms with Gasteiger partial charge in [0.15, 0.2) is 0 Å². The van der Waals surface area contributed by atoms with Gasteiger partial charge in [-0.1, -0.05) is 37.3 Å². The van der Waals surface area contributed by atoms with Crippen LogP contribution >= 0.6 is 11.3 Å². The highest BCUT2D eigenvalue weighted by Gasteiger charge is 2.16. The maximum Gasteiger partial charge on any atom is 0.119 e. The van der Waals surface area contributed by atoms with Crippen molar-refractivity contribution < 1.29 is 4.74 Å². The van der Waals surface area contributed by atoms with Crippen molar-refractivity contribution in [3.63, 3.8) is 0 Å². The Kier molecular flexibility index (Phi) is 4.23. The lowest BCUT2D eigenvalue weighted by molar-refractivity contribution is 0.413. The fourth-order valence-corrected chi connectivity index (χ4v) is 3.62. The van der Waals surface area contributed by atoms with Gasteiger partial charge in [0.05, 0.1) is 13.2 Å². The van der Waals surface area contributed by atoms with Crippen molar-refractivity contribution in [3.8, 4) is 5.75 Å². The Balaban J connectivity index is 2.10. The van der Waals surface area contributed by atoms with Crippen LogP contribution < -0.4 is 10.1 Å². The van der Waals surface area contributed by atoms with E-state index < -0.39 is 0 Å². The third kappa shape index (κ3) is 2.80. The highest BCUT2D eigenvalue weighted by Crippen LogP contribution is 2.33. The van der Waals surface area contributed by atoms with Crippen molar-refractivity contribution in [1.29, 1.82) is 0 Å². The first-order chi connectivity index (χ1) is 10.3. The van der Waals surface area contributed by atoms with Gasteiger partial charge < -0.3 is 10.1 Å². The maximum absolute atomic E-state index is 5.37. The average molecular weight is 297 g/mol. The van der Waals surface area contributed by atoms with Crippen LogP contribution in [0.3, 0.4) is 0 Å². The van der Waals surface area contributed by atoms with E-state index in [-0.39, 0.29) is 6.04 Å². The van der Waals surface area contributed by atoms with Crippen molar-refractivity contribution in [3.05, 3.63) is 65.0 Å². The maximum atomic E-state index is 5.37. The van der Waals surface area contributed by atoms with Crippen LogP contribution in [0, 0.1) is 0 Å². The average Bonchev–Trinajstić information content (AvgIpc) is 3.01. The number of methoxy groups -OCH3 is 1. The minimum atomic E-state index is 0.187. The molecule has 0 aliphatic carbocycles. The van der Waals surface area contributed by atoms with Gasteiger partial charge in [-0.05, 0) is 46.6 Å². The first kappa shape index (κ1) is 14.1. The lowest BCUT2D eigenvalue weighted by atomic mass is 9.97. The van der Waals surface area contributed by atoms with E-state index in [1.807, 2.05) is 12.1 Å². The molecule has 1 unspecified atom stereocenters. The minimum absolute atomic E-state index is 0.187. The van der Waals surface area contributed by atoms with Gasteiger partial charge >= 0.3 is 0 Å². The molecule has 108 valence electrons. The molecule has 0 radical (unpaired) electrons. The Bertz CT molecular complexity index is 735. The zero-order chi connectivity index (χ0) is 14.7. The van der Waals surface area contributed by atoms with E-state index in [1.54, 1.807) is 18.4 Å². The van der Waals surface area contributed by atoms with Gasteiger partial charge in [-0.15, -0.1) is 11.3 Å². The second-order valence-corrected chi connectivity index (χ2v) is 5.87. The van der Waals surface area contributed by atoms with Gasteiger partial charge in [0, 0.05) is 4.70 Å². The standard InChI is InChI=1S/C18H19NOS/c1-3-19-17(14-7-4-8-15(12-14)20-2)16-9-5-6-13-10-11-21-18(13)16/h4-12,17,19H,3H2,1-2H3. The predicted octanol–water partition coefficient (Wildman–Crippen LogP) is 4.61. The van der Waals surface area contributed by atoms with Gasteiger partial charge in [-0.3, -0.25) is 0 Å². The molecule has 2 nitrogen and oxygen atoms in total. The summed E-state index contributed by atoms with van der Waals surface area (Å²) in [6, 6.07) is 17.2. The largest absolute Gasteiger partial charge is 0.497 e. The minimum Gasteiger partial charge on any atom is -0.497 e. The summed E-state index contributed by atoms with van der Waals surface area (Å²) < 4.78 is 6.72. The van der Waals surface area contributed by atoms with Crippen LogP contribution in [0.2, 0.25) is 0 Å². The molecule has 1 N–H and O–H groups in total. The number of thiophene rings is 1. The Labute approximate surface area is 129 Å². The smallest absolute Gasteiger partial charge is 0.119 e. The van der Waals surface area contributed by atoms with Crippen molar-refractivity contribution in [2.24, 2.45) is 0 Å². The van der Waals surface area contributed by atoms with E-state index in [0.29, 0.717) is 0 Å². The van der Waals surface area contributed by atoms with E-state index >= 15 is 0 Å². The van der Waals surface area contributed by atoms with E-state index in [0.717, 1.165) is 12.3 Å². The molecule has 0 aliphatic heterocycles. The first-order valence-corrected chi connectivity index (χ1v) is 8.05. The van der Waals surface area contributed by atoms with Crippen LogP contribution in [0.15, 0.2) is 53.9 Å². The molecule has 0 bridgehead atoms. The molecule has 0 saturated carbocycles. The van der Waals surface area contributed by atoms with Crippen LogP contribution in [0.4, 0.5) is 0 Å². The van der Waals surface area contributed by atoms with Crippen LogP contribution in [-0.2, 0) is 0 Å². The van der Waals surface area contributed by atoms with Crippen LogP contribution in [0.1, 0.15) is 24.1 Å². The number of nitrogens with one attached hydrogen (secondary N) is 1. The zero-order valence-electron chi connectivity index (χ0n) is 12.3. The molecule has 0 spiro atoms. The Hall–Kier alpha value is -1.84. The molecule has 1 heterocycles. The number of fused-ring (bicyclic) bond motifs is 1. The summed E-state index contributed by atoms with van der Waals surface area (Å²) in [5.74, 6) is 0.897. The van der Waals surface area contributed by atoms with Crippen molar-refractivity contribution >= 4 is 21.4 Å². The van der Waals surface area contributed by atoms with E-state index in [9.17, 15) is 0 Å². The van der Waals surface area contributed by atoms with E-state index in [1.165, 1.54) is 21.2 Å². The monoisotopic (exact) mass is 297 g/mol. The first-order valence-electron chi connectivity index (χ1n) is 7.17. The third-order valence-electron chi connectivity index (χ3n) is 3.66. The van der Waals surface area contributed by atoms with Crippen molar-refractivity contribution in [2.45, 2.75) is 13.0 Å². The summed E-state index contributed by atoms with van der Waals surface area (Å²) in [4.78, 5) is 0. The highest BCUT2D eigenvalue weighted by molar-refractivity contribution is 7.17. The number of benzene rings is 2. The summed E-state index contributed by atoms with van der Waals surface area (Å²) in [6.45, 7) is 3.06. The molecule has 2 aromatic carbocycles. The molecule has 0 amide bonds. The fraction of sp³-hybridized carbons (Fsp3) is 0.222. The van der Waals surface area contributed by atoms with Crippen LogP contribution in [0.5, 0.6) is 5.75 Å². The molecule has 3 rings (SSSR count). The quantitative estimate of drug-likeness (QED) is 0.742. The lowest BCUT2D eigenvalue weighted by Crippen LogP contribution is -2.22. The van der Waals surface area contributed by atoms with Gasteiger partial charge in [-0.25, -0.2) is 0 Å². The zero-order valence-corrected chi connectivity index (χ0v) is 13.1. The molecule has 1 atom stereocenters. The van der Waals surface area contributed by atoms with Crippen LogP contribution in [-0.4, -0.2) is 13.7 Å². The second kappa shape index (κ2) is 6.29. The molecular weight excluding hydrogens is 278 g/mol. The normalized spacial score (nSPS) is 12.5. The number of hydrogen-bond donors (Lipinski definition) is 1. The summed E-state index contributed by atoms with van der Waals surface area (Å²) >= 11 is 1.80. The van der Waals surface area contributed by atoms with Crippen LogP contribution in [0.25, 0.3) is 10.1 Å². The van der Waals surface area contributed by atoms with E-state index in [4.69, 9.17) is 4.74 Å². The van der Waals surface area contributed by atoms with E-state index in [2.05, 4.69) is 54.0 Å². The predicted molar refractivity (Wildman–Crippen MR) is 90.3 cm³/mol. The molecule has 3 aromatic rings. The van der Waals surface area contributed by atoms with Gasteiger partial charge in [0.1, 0.15) is 5.75 Å². The molecular formula is C18H19NOS. The number of rotatable bonds is 5. The van der Waals surface area contributed by atoms with Crippen molar-refractivity contribution in [1.82, 2.24) is 5.32 Å². The summed E-state index contributed by atoms with van der Waals surface area (Å²) in [6.07, 6.45) is 0. The fourth-order valence-electron chi connectivity index (χ4n) is 2.68. The topological polar surface area (TPSA) is 21.3 Å². The molecule has 1 aromatic heterocycles. The molecule has 0 fully saturated rings. The Morgan fingerprint density at radius 3 is 2.81 bits per heavy atom. The molecule has 3 heteroatoms. The number of ether oxygens (including phenoxy) is 1. The Morgan fingerprint density at radius 2 is 2.00 bits per heavy atom. The molecule has 21 heavy (non-hydrogen) atoms. The molecule has 0 saturated heterocycles. The lowest BCUT2D eigenvalue weighted by Gasteiger charge is -2.20. The highest BCUT2D eigenvalue weighted by atomic mass is 32.1. The molecule has 0 aliphatic rings.